The van der Waals surface area contributed by atoms with Crippen molar-refractivity contribution in [3.63, 3.8) is 0 Å². The Kier molecular flexibility index (Phi) is 14.0. The Morgan fingerprint density at radius 1 is 0.781 bits per heavy atom. The highest BCUT2D eigenvalue weighted by atomic mass is 16.3. The van der Waals surface area contributed by atoms with Crippen LogP contribution >= 0.6 is 0 Å². The molecular weight excluding hydrogens is 414 g/mol. The Labute approximate surface area is 192 Å². The molecule has 11 nitrogen and oxygen atoms in total. The first-order valence-electron chi connectivity index (χ1n) is 11.2. The number of nitroso groups, excluding NO2 is 2. The van der Waals surface area contributed by atoms with E-state index >= 15 is 0 Å². The van der Waals surface area contributed by atoms with Crippen molar-refractivity contribution in [1.82, 2.24) is 26.2 Å². The number of hydrogen-bond acceptors (Lipinski definition) is 9. The first kappa shape index (κ1) is 30.0. The van der Waals surface area contributed by atoms with Gasteiger partial charge in [-0.3, -0.25) is 14.5 Å². The highest BCUT2D eigenvalue weighted by Gasteiger charge is 2.27. The molecule has 0 rings (SSSR count). The zero-order valence-electron chi connectivity index (χ0n) is 20.8. The fraction of sp³-hybridized carbons (Fsp3) is 0.905. The van der Waals surface area contributed by atoms with Crippen LogP contribution in [0.2, 0.25) is 0 Å². The lowest BCUT2D eigenvalue weighted by Crippen LogP contribution is -2.52. The molecule has 0 bridgehead atoms. The smallest absolute Gasteiger partial charge is 0.220 e. The molecule has 0 aromatic rings. The maximum Gasteiger partial charge on any atom is 0.220 e. The van der Waals surface area contributed by atoms with Gasteiger partial charge in [0.05, 0.1) is 0 Å². The van der Waals surface area contributed by atoms with E-state index in [1.165, 1.54) is 0 Å². The third-order valence-electron chi connectivity index (χ3n) is 6.03. The van der Waals surface area contributed by atoms with Gasteiger partial charge in [-0.25, -0.2) is 0 Å². The Hall–Kier alpha value is -1.98. The minimum absolute atomic E-state index is 0.151. The molecule has 0 aliphatic carbocycles. The van der Waals surface area contributed by atoms with Gasteiger partial charge in [-0.15, -0.1) is 0 Å². The molecule has 4 N–H and O–H groups in total. The monoisotopic (exact) mass is 457 g/mol. The molecule has 11 heteroatoms. The normalized spacial score (nSPS) is 14.0. The van der Waals surface area contributed by atoms with E-state index in [2.05, 4.69) is 36.5 Å². The molecule has 0 fully saturated rings. The zero-order valence-corrected chi connectivity index (χ0v) is 20.8. The lowest BCUT2D eigenvalue weighted by atomic mass is 9.97. The molecule has 0 heterocycles. The van der Waals surface area contributed by atoms with Gasteiger partial charge in [-0.1, -0.05) is 10.4 Å². The molecule has 0 aromatic carbocycles. The number of carbonyl (C=O) groups excluding carboxylic acids is 2. The number of hydrogen-bond donors (Lipinski definition) is 4. The Bertz CT molecular complexity index is 567. The Balaban J connectivity index is 4.70. The van der Waals surface area contributed by atoms with Crippen LogP contribution in [0.4, 0.5) is 0 Å². The van der Waals surface area contributed by atoms with Crippen LogP contribution in [0.5, 0.6) is 0 Å². The number of carbonyl (C=O) groups is 2. The predicted molar refractivity (Wildman–Crippen MR) is 127 cm³/mol. The largest absolute Gasteiger partial charge is 0.359 e. The average molecular weight is 458 g/mol. The van der Waals surface area contributed by atoms with Crippen molar-refractivity contribution in [1.29, 1.82) is 0 Å². The SMILES string of the molecule is CNC(=O)CCC(=O)NCCN(CCNC(C)(C)C(C)N=O)CCNC(C)(C)C(C)N=O. The number of nitrogens with zero attached hydrogens (tertiary/aromatic N) is 3. The van der Waals surface area contributed by atoms with Crippen LogP contribution in [0.15, 0.2) is 10.4 Å². The van der Waals surface area contributed by atoms with E-state index in [9.17, 15) is 19.4 Å². The van der Waals surface area contributed by atoms with Crippen LogP contribution in [0.3, 0.4) is 0 Å². The summed E-state index contributed by atoms with van der Waals surface area (Å²) in [4.78, 5) is 47.2. The van der Waals surface area contributed by atoms with Gasteiger partial charge in [0.15, 0.2) is 0 Å². The fourth-order valence-corrected chi connectivity index (χ4v) is 2.76. The van der Waals surface area contributed by atoms with Crippen molar-refractivity contribution in [2.24, 2.45) is 10.4 Å². The van der Waals surface area contributed by atoms with Crippen molar-refractivity contribution in [3.05, 3.63) is 9.81 Å². The van der Waals surface area contributed by atoms with Crippen molar-refractivity contribution in [2.45, 2.75) is 77.5 Å². The van der Waals surface area contributed by atoms with E-state index in [0.717, 1.165) is 0 Å². The minimum Gasteiger partial charge on any atom is -0.359 e. The number of rotatable bonds is 18. The number of nitrogens with one attached hydrogen (secondary N) is 4. The van der Waals surface area contributed by atoms with Crippen LogP contribution < -0.4 is 21.3 Å². The topological polar surface area (TPSA) is 144 Å². The van der Waals surface area contributed by atoms with Crippen LogP contribution in [-0.4, -0.2) is 86.2 Å². The van der Waals surface area contributed by atoms with E-state index in [0.29, 0.717) is 39.3 Å². The quantitative estimate of drug-likeness (QED) is 0.225. The summed E-state index contributed by atoms with van der Waals surface area (Å²) in [6.45, 7) is 15.1. The molecule has 0 spiro atoms. The summed E-state index contributed by atoms with van der Waals surface area (Å²) >= 11 is 0. The standard InChI is InChI=1S/C21H43N7O4/c1-16(26-31)20(3,4)24-11-14-28(15-12-25-21(5,6)17(2)27-32)13-10-23-19(30)9-8-18(29)22-7/h16-17,24-25H,8-15H2,1-7H3,(H,22,29)(H,23,30). The van der Waals surface area contributed by atoms with Gasteiger partial charge in [0, 0.05) is 70.2 Å². The summed E-state index contributed by atoms with van der Waals surface area (Å²) in [6, 6.07) is -0.731. The van der Waals surface area contributed by atoms with Gasteiger partial charge >= 0.3 is 0 Å². The van der Waals surface area contributed by atoms with Crippen LogP contribution in [0.25, 0.3) is 0 Å². The molecule has 0 aliphatic rings. The molecule has 32 heavy (non-hydrogen) atoms. The summed E-state index contributed by atoms with van der Waals surface area (Å²) in [6.07, 6.45) is 0.314. The Morgan fingerprint density at radius 3 is 1.59 bits per heavy atom. The second-order valence-corrected chi connectivity index (χ2v) is 9.22. The van der Waals surface area contributed by atoms with Crippen molar-refractivity contribution < 1.29 is 9.59 Å². The summed E-state index contributed by atoms with van der Waals surface area (Å²) in [5, 5.41) is 18.3. The van der Waals surface area contributed by atoms with Gasteiger partial charge < -0.3 is 21.3 Å². The van der Waals surface area contributed by atoms with E-state index in [1.54, 1.807) is 20.9 Å². The molecule has 0 radical (unpaired) electrons. The summed E-state index contributed by atoms with van der Waals surface area (Å²) < 4.78 is 0. The average Bonchev–Trinajstić information content (AvgIpc) is 2.75. The molecule has 0 saturated heterocycles. The molecule has 2 unspecified atom stereocenters. The second-order valence-electron chi connectivity index (χ2n) is 9.22. The molecule has 0 saturated carbocycles. The first-order chi connectivity index (χ1) is 14.9. The van der Waals surface area contributed by atoms with Gasteiger partial charge in [0.25, 0.3) is 0 Å². The van der Waals surface area contributed by atoms with E-state index in [4.69, 9.17) is 0 Å². The van der Waals surface area contributed by atoms with Crippen LogP contribution in [0.1, 0.15) is 54.4 Å². The van der Waals surface area contributed by atoms with Gasteiger partial charge in [0.1, 0.15) is 12.1 Å². The summed E-state index contributed by atoms with van der Waals surface area (Å²) in [5.41, 5.74) is -0.848. The second kappa shape index (κ2) is 15.0. The molecule has 186 valence electrons. The first-order valence-corrected chi connectivity index (χ1v) is 11.2. The maximum atomic E-state index is 11.9. The van der Waals surface area contributed by atoms with Gasteiger partial charge in [-0.2, -0.15) is 9.81 Å². The van der Waals surface area contributed by atoms with E-state index in [1.807, 2.05) is 27.7 Å². The predicted octanol–water partition coefficient (Wildman–Crippen LogP) is 0.977. The highest BCUT2D eigenvalue weighted by molar-refractivity contribution is 5.83. The van der Waals surface area contributed by atoms with E-state index < -0.39 is 11.1 Å². The number of amides is 2. The third-order valence-corrected chi connectivity index (χ3v) is 6.03. The van der Waals surface area contributed by atoms with Crippen LogP contribution in [0, 0.1) is 9.81 Å². The zero-order chi connectivity index (χ0) is 24.8. The fourth-order valence-electron chi connectivity index (χ4n) is 2.76. The maximum absolute atomic E-state index is 11.9. The Morgan fingerprint density at radius 2 is 1.19 bits per heavy atom. The summed E-state index contributed by atoms with van der Waals surface area (Å²) in [7, 11) is 1.54. The van der Waals surface area contributed by atoms with Crippen molar-refractivity contribution in [3.8, 4) is 0 Å². The highest BCUT2D eigenvalue weighted by Crippen LogP contribution is 2.12. The van der Waals surface area contributed by atoms with Gasteiger partial charge in [0.2, 0.25) is 11.8 Å². The third kappa shape index (κ3) is 12.2. The van der Waals surface area contributed by atoms with Gasteiger partial charge in [-0.05, 0) is 41.5 Å². The molecule has 0 aliphatic heterocycles. The molecule has 2 atom stereocenters. The van der Waals surface area contributed by atoms with Crippen LogP contribution in [-0.2, 0) is 9.59 Å². The molecule has 0 aromatic heterocycles. The van der Waals surface area contributed by atoms with Crippen molar-refractivity contribution in [2.75, 3.05) is 46.3 Å². The summed E-state index contributed by atoms with van der Waals surface area (Å²) in [5.74, 6) is -0.328. The van der Waals surface area contributed by atoms with E-state index in [-0.39, 0.29) is 36.7 Å². The van der Waals surface area contributed by atoms with Crippen molar-refractivity contribution >= 4 is 11.8 Å². The lowest BCUT2D eigenvalue weighted by molar-refractivity contribution is -0.126. The lowest BCUT2D eigenvalue weighted by Gasteiger charge is -2.32. The molecular formula is C21H43N7O4. The minimum atomic E-state index is -0.424. The molecule has 2 amide bonds.